The number of amides is 2. The summed E-state index contributed by atoms with van der Waals surface area (Å²) in [6.07, 6.45) is 5.33. The number of nitro groups is 1. The Balaban J connectivity index is 2.10. The smallest absolute Gasteiger partial charge is 0.401 e. The lowest BCUT2D eigenvalue weighted by Gasteiger charge is -2.34. The zero-order chi connectivity index (χ0) is 21.6. The Morgan fingerprint density at radius 2 is 2.31 bits per heavy atom. The number of nitrogens with one attached hydrogen (secondary N) is 1. The number of hydrazone groups is 1. The second-order valence-electron chi connectivity index (χ2n) is 6.68. The normalized spacial score (nSPS) is 18.7. The summed E-state index contributed by atoms with van der Waals surface area (Å²) in [5.41, 5.74) is 0. The van der Waals surface area contributed by atoms with E-state index in [0.29, 0.717) is 15.9 Å². The molecule has 1 aliphatic heterocycles. The van der Waals surface area contributed by atoms with Crippen LogP contribution in [-0.2, 0) is 0 Å². The van der Waals surface area contributed by atoms with E-state index in [-0.39, 0.29) is 11.6 Å². The Bertz CT molecular complexity index is 823. The number of rotatable bonds is 8. The number of carbonyl (C=O) groups excluding carboxylic acids is 1. The highest BCUT2D eigenvalue weighted by molar-refractivity contribution is 8.24. The van der Waals surface area contributed by atoms with Crippen molar-refractivity contribution in [3.63, 3.8) is 0 Å². The van der Waals surface area contributed by atoms with Crippen LogP contribution in [0.5, 0.6) is 0 Å². The van der Waals surface area contributed by atoms with Crippen molar-refractivity contribution in [3.05, 3.63) is 34.1 Å². The first-order chi connectivity index (χ1) is 13.7. The molecular formula is C17H23N5O5S2. The predicted molar refractivity (Wildman–Crippen MR) is 115 cm³/mol. The number of hydrogen-bond donors (Lipinski definition) is 2. The van der Waals surface area contributed by atoms with Crippen molar-refractivity contribution in [2.24, 2.45) is 5.10 Å². The molecule has 29 heavy (non-hydrogen) atoms. The standard InChI is InChI=1S/C17H23N5O5S2/c1-4-5-10-18-15(23)21(24)14-17(2,3)29-16(28)20(14)19-11-6-7-12-8-9-13(27-12)22(25)26/h6-9,11,14,24H,4-5,10H2,1-3H3,(H,18,23). The summed E-state index contributed by atoms with van der Waals surface area (Å²) in [4.78, 5) is 22.3. The van der Waals surface area contributed by atoms with E-state index in [2.05, 4.69) is 10.4 Å². The van der Waals surface area contributed by atoms with E-state index in [4.69, 9.17) is 16.6 Å². The van der Waals surface area contributed by atoms with Crippen molar-refractivity contribution in [3.8, 4) is 0 Å². The van der Waals surface area contributed by atoms with E-state index in [1.54, 1.807) is 0 Å². The molecule has 2 amide bonds. The molecule has 2 heterocycles. The number of urea groups is 1. The molecule has 158 valence electrons. The van der Waals surface area contributed by atoms with Gasteiger partial charge in [0, 0.05) is 12.8 Å². The third kappa shape index (κ3) is 5.78. The van der Waals surface area contributed by atoms with Crippen LogP contribution >= 0.6 is 24.0 Å². The molecule has 1 aliphatic rings. The van der Waals surface area contributed by atoms with Gasteiger partial charge in [0.25, 0.3) is 0 Å². The molecule has 0 radical (unpaired) electrons. The molecule has 1 saturated heterocycles. The SMILES string of the molecule is CCCCNC(=O)N(O)C1N(N=CC=Cc2ccc([N+](=O)[O-])o2)C(=S)SC1(C)C. The molecule has 1 fully saturated rings. The van der Waals surface area contributed by atoms with Crippen LogP contribution in [0.1, 0.15) is 39.4 Å². The molecule has 0 bridgehead atoms. The molecule has 12 heteroatoms. The highest BCUT2D eigenvalue weighted by Gasteiger charge is 2.49. The van der Waals surface area contributed by atoms with Crippen molar-refractivity contribution in [2.75, 3.05) is 6.54 Å². The van der Waals surface area contributed by atoms with Crippen molar-refractivity contribution < 1.29 is 19.3 Å². The largest absolute Gasteiger partial charge is 0.433 e. The van der Waals surface area contributed by atoms with Gasteiger partial charge in [0.2, 0.25) is 0 Å². The van der Waals surface area contributed by atoms with Gasteiger partial charge < -0.3 is 9.73 Å². The number of thioether (sulfide) groups is 1. The Labute approximate surface area is 177 Å². The third-order valence-electron chi connectivity index (χ3n) is 3.97. The van der Waals surface area contributed by atoms with E-state index in [1.165, 1.54) is 47.3 Å². The molecule has 0 saturated carbocycles. The van der Waals surface area contributed by atoms with Crippen LogP contribution in [-0.4, -0.2) is 54.2 Å². The number of allylic oxidation sites excluding steroid dienone is 1. The summed E-state index contributed by atoms with van der Waals surface area (Å²) in [5, 5.41) is 30.0. The maximum Gasteiger partial charge on any atom is 0.433 e. The first kappa shape index (κ1) is 22.8. The lowest BCUT2D eigenvalue weighted by atomic mass is 10.1. The van der Waals surface area contributed by atoms with Crippen LogP contribution in [0, 0.1) is 10.1 Å². The first-order valence-corrected chi connectivity index (χ1v) is 10.1. The Hall–Kier alpha value is -2.44. The fourth-order valence-corrected chi connectivity index (χ4v) is 4.36. The Morgan fingerprint density at radius 3 is 2.93 bits per heavy atom. The average Bonchev–Trinajstić information content (AvgIpc) is 3.20. The fraction of sp³-hybridized carbons (Fsp3) is 0.471. The van der Waals surface area contributed by atoms with Gasteiger partial charge >= 0.3 is 11.9 Å². The van der Waals surface area contributed by atoms with Gasteiger partial charge in [0.15, 0.2) is 10.5 Å². The van der Waals surface area contributed by atoms with E-state index < -0.39 is 21.9 Å². The Morgan fingerprint density at radius 1 is 1.59 bits per heavy atom. The van der Waals surface area contributed by atoms with Gasteiger partial charge in [0.1, 0.15) is 10.7 Å². The number of nitrogens with zero attached hydrogens (tertiary/aromatic N) is 4. The molecule has 10 nitrogen and oxygen atoms in total. The summed E-state index contributed by atoms with van der Waals surface area (Å²) in [7, 11) is 0. The van der Waals surface area contributed by atoms with Gasteiger partial charge in [0.05, 0.1) is 10.8 Å². The van der Waals surface area contributed by atoms with Crippen LogP contribution in [0.25, 0.3) is 6.08 Å². The minimum Gasteiger partial charge on any atom is -0.401 e. The first-order valence-electron chi connectivity index (χ1n) is 8.90. The van der Waals surface area contributed by atoms with Crippen molar-refractivity contribution in [2.45, 2.75) is 44.5 Å². The number of carbonyl (C=O) groups is 1. The van der Waals surface area contributed by atoms with Crippen molar-refractivity contribution in [1.82, 2.24) is 15.4 Å². The van der Waals surface area contributed by atoms with Gasteiger partial charge in [-0.2, -0.15) is 10.2 Å². The highest BCUT2D eigenvalue weighted by Crippen LogP contribution is 2.42. The van der Waals surface area contributed by atoms with Crippen molar-refractivity contribution >= 4 is 52.5 Å². The van der Waals surface area contributed by atoms with Gasteiger partial charge in [-0.05, 0) is 38.5 Å². The molecule has 1 aromatic rings. The topological polar surface area (TPSA) is 124 Å². The van der Waals surface area contributed by atoms with Gasteiger partial charge in [-0.15, -0.1) is 0 Å². The van der Waals surface area contributed by atoms with Crippen molar-refractivity contribution in [1.29, 1.82) is 0 Å². The minimum absolute atomic E-state index is 0.289. The van der Waals surface area contributed by atoms with Gasteiger partial charge in [-0.1, -0.05) is 37.3 Å². The van der Waals surface area contributed by atoms with Crippen LogP contribution in [0.2, 0.25) is 0 Å². The number of hydrogen-bond acceptors (Lipinski definition) is 8. The minimum atomic E-state index is -0.809. The third-order valence-corrected chi connectivity index (χ3v) is 5.50. The van der Waals surface area contributed by atoms with Crippen LogP contribution in [0.3, 0.4) is 0 Å². The number of furan rings is 1. The molecule has 0 aliphatic carbocycles. The summed E-state index contributed by atoms with van der Waals surface area (Å²) >= 11 is 6.66. The molecular weight excluding hydrogens is 418 g/mol. The quantitative estimate of drug-likeness (QED) is 0.156. The molecule has 2 N–H and O–H groups in total. The number of hydroxylamine groups is 2. The van der Waals surface area contributed by atoms with Gasteiger partial charge in [-0.3, -0.25) is 15.3 Å². The van der Waals surface area contributed by atoms with E-state index in [9.17, 15) is 20.1 Å². The molecule has 0 aromatic carbocycles. The van der Waals surface area contributed by atoms with E-state index >= 15 is 0 Å². The number of thiocarbonyl (C=S) groups is 1. The molecule has 1 atom stereocenters. The lowest BCUT2D eigenvalue weighted by molar-refractivity contribution is -0.402. The summed E-state index contributed by atoms with van der Waals surface area (Å²) in [6, 6.07) is 2.09. The van der Waals surface area contributed by atoms with Gasteiger partial charge in [-0.25, -0.2) is 9.80 Å². The zero-order valence-electron chi connectivity index (χ0n) is 16.3. The molecule has 1 unspecified atom stereocenters. The maximum absolute atomic E-state index is 12.3. The Kier molecular flexibility index (Phi) is 7.76. The summed E-state index contributed by atoms with van der Waals surface area (Å²) in [6.45, 7) is 6.16. The van der Waals surface area contributed by atoms with Crippen LogP contribution in [0.15, 0.2) is 27.7 Å². The number of unbranched alkanes of at least 4 members (excludes halogenated alkanes) is 1. The summed E-state index contributed by atoms with van der Waals surface area (Å²) in [5.74, 6) is -0.0666. The maximum atomic E-state index is 12.3. The van der Waals surface area contributed by atoms with E-state index in [1.807, 2.05) is 20.8 Å². The lowest BCUT2D eigenvalue weighted by Crippen LogP contribution is -2.55. The zero-order valence-corrected chi connectivity index (χ0v) is 17.9. The van der Waals surface area contributed by atoms with Crippen LogP contribution in [0.4, 0.5) is 10.7 Å². The monoisotopic (exact) mass is 441 g/mol. The van der Waals surface area contributed by atoms with Crippen LogP contribution < -0.4 is 5.32 Å². The molecule has 0 spiro atoms. The molecule has 2 rings (SSSR count). The highest BCUT2D eigenvalue weighted by atomic mass is 32.2. The second kappa shape index (κ2) is 9.85. The fourth-order valence-electron chi connectivity index (χ4n) is 2.57. The average molecular weight is 442 g/mol. The second-order valence-corrected chi connectivity index (χ2v) is 8.96. The predicted octanol–water partition coefficient (Wildman–Crippen LogP) is 3.83. The van der Waals surface area contributed by atoms with E-state index in [0.717, 1.165) is 12.8 Å². The summed E-state index contributed by atoms with van der Waals surface area (Å²) < 4.78 is 4.82. The molecule has 1 aromatic heterocycles.